The third-order valence-corrected chi connectivity index (χ3v) is 3.95. The molecule has 106 valence electrons. The number of nitrogens with one attached hydrogen (secondary N) is 1. The molecule has 1 fully saturated rings. The molecule has 2 aromatic rings. The summed E-state index contributed by atoms with van der Waals surface area (Å²) in [5, 5.41) is 0.348. The van der Waals surface area contributed by atoms with Gasteiger partial charge in [0.1, 0.15) is 5.82 Å². The molecule has 1 aromatic carbocycles. The zero-order chi connectivity index (χ0) is 14.3. The highest BCUT2D eigenvalue weighted by Crippen LogP contribution is 2.19. The van der Waals surface area contributed by atoms with E-state index in [-0.39, 0.29) is 17.1 Å². The summed E-state index contributed by atoms with van der Waals surface area (Å²) in [6.45, 7) is 4.54. The summed E-state index contributed by atoms with van der Waals surface area (Å²) < 4.78 is 14.4. The van der Waals surface area contributed by atoms with Crippen LogP contribution in [0.1, 0.15) is 19.4 Å². The van der Waals surface area contributed by atoms with Crippen LogP contribution in [0, 0.1) is 5.82 Å². The van der Waals surface area contributed by atoms with E-state index < -0.39 is 11.5 Å². The second-order valence-corrected chi connectivity index (χ2v) is 5.13. The molecule has 3 rings (SSSR count). The van der Waals surface area contributed by atoms with E-state index in [9.17, 15) is 14.0 Å². The zero-order valence-electron chi connectivity index (χ0n) is 11.2. The van der Waals surface area contributed by atoms with Crippen LogP contribution in [0.4, 0.5) is 4.39 Å². The van der Waals surface area contributed by atoms with Gasteiger partial charge in [-0.05, 0) is 31.2 Å². The van der Waals surface area contributed by atoms with Gasteiger partial charge in [-0.25, -0.2) is 9.18 Å². The number of fused-ring (bicyclic) bond motifs is 1. The standard InChI is InChI=1S/C14H16FN3O2/c1-2-17-6-5-10(8-17)18-13(19)11-4-3-9(15)7-12(11)16-14(18)20/h3-4,7,10H,2,5-6,8H2,1H3,(H,16,20). The van der Waals surface area contributed by atoms with Crippen molar-refractivity contribution in [1.29, 1.82) is 0 Å². The average Bonchev–Trinajstić information content (AvgIpc) is 2.86. The second kappa shape index (κ2) is 4.86. The monoisotopic (exact) mass is 277 g/mol. The molecule has 0 amide bonds. The Labute approximate surface area is 114 Å². The first-order valence-electron chi connectivity index (χ1n) is 6.76. The Hall–Kier alpha value is -1.95. The summed E-state index contributed by atoms with van der Waals surface area (Å²) in [6, 6.07) is 3.72. The van der Waals surface area contributed by atoms with Crippen LogP contribution < -0.4 is 11.2 Å². The van der Waals surface area contributed by atoms with Gasteiger partial charge in [0.25, 0.3) is 5.56 Å². The molecule has 6 heteroatoms. The van der Waals surface area contributed by atoms with E-state index in [1.165, 1.54) is 22.8 Å². The van der Waals surface area contributed by atoms with Gasteiger partial charge in [0.2, 0.25) is 0 Å². The lowest BCUT2D eigenvalue weighted by atomic mass is 10.2. The third-order valence-electron chi connectivity index (χ3n) is 3.95. The highest BCUT2D eigenvalue weighted by atomic mass is 19.1. The molecule has 5 nitrogen and oxygen atoms in total. The Balaban J connectivity index is 2.15. The first-order chi connectivity index (χ1) is 9.60. The maximum atomic E-state index is 13.2. The van der Waals surface area contributed by atoms with E-state index in [0.717, 1.165) is 19.5 Å². The van der Waals surface area contributed by atoms with Crippen molar-refractivity contribution in [2.24, 2.45) is 0 Å². The number of nitrogens with zero attached hydrogens (tertiary/aromatic N) is 2. The molecule has 1 atom stereocenters. The molecule has 1 aliphatic heterocycles. The van der Waals surface area contributed by atoms with Crippen LogP contribution in [0.15, 0.2) is 27.8 Å². The number of H-pyrrole nitrogens is 1. The highest BCUT2D eigenvalue weighted by molar-refractivity contribution is 5.77. The molecule has 1 aromatic heterocycles. The smallest absolute Gasteiger partial charge is 0.307 e. The van der Waals surface area contributed by atoms with Crippen LogP contribution >= 0.6 is 0 Å². The largest absolute Gasteiger partial charge is 0.329 e. The number of likely N-dealkylation sites (tertiary alicyclic amines) is 1. The maximum absolute atomic E-state index is 13.2. The molecule has 0 radical (unpaired) electrons. The lowest BCUT2D eigenvalue weighted by Gasteiger charge is -2.15. The lowest BCUT2D eigenvalue weighted by molar-refractivity contribution is 0.338. The zero-order valence-corrected chi connectivity index (χ0v) is 11.2. The summed E-state index contributed by atoms with van der Waals surface area (Å²) in [4.78, 5) is 29.4. The van der Waals surface area contributed by atoms with Gasteiger partial charge in [0.15, 0.2) is 0 Å². The topological polar surface area (TPSA) is 58.1 Å². The van der Waals surface area contributed by atoms with Crippen molar-refractivity contribution < 1.29 is 4.39 Å². The van der Waals surface area contributed by atoms with Gasteiger partial charge in [-0.3, -0.25) is 9.36 Å². The Morgan fingerprint density at radius 3 is 2.90 bits per heavy atom. The minimum Gasteiger partial charge on any atom is -0.307 e. The number of halogens is 1. The van der Waals surface area contributed by atoms with Crippen LogP contribution in [-0.2, 0) is 0 Å². The van der Waals surface area contributed by atoms with E-state index in [1.807, 2.05) is 0 Å². The Morgan fingerprint density at radius 2 is 2.20 bits per heavy atom. The molecular formula is C14H16FN3O2. The second-order valence-electron chi connectivity index (χ2n) is 5.13. The fourth-order valence-corrected chi connectivity index (χ4v) is 2.85. The average molecular weight is 277 g/mol. The van der Waals surface area contributed by atoms with Gasteiger partial charge < -0.3 is 9.88 Å². The number of rotatable bonds is 2. The fourth-order valence-electron chi connectivity index (χ4n) is 2.85. The van der Waals surface area contributed by atoms with Gasteiger partial charge in [0, 0.05) is 13.1 Å². The summed E-state index contributed by atoms with van der Waals surface area (Å²) in [5.74, 6) is -0.469. The number of hydrogen-bond acceptors (Lipinski definition) is 3. The number of aromatic amines is 1. The fraction of sp³-hybridized carbons (Fsp3) is 0.429. The maximum Gasteiger partial charge on any atom is 0.329 e. The number of aromatic nitrogens is 2. The molecule has 0 spiro atoms. The minimum absolute atomic E-state index is 0.111. The third kappa shape index (κ3) is 2.06. The molecule has 1 aliphatic rings. The van der Waals surface area contributed by atoms with E-state index in [4.69, 9.17) is 0 Å². The predicted molar refractivity (Wildman–Crippen MR) is 74.6 cm³/mol. The summed E-state index contributed by atoms with van der Waals surface area (Å²) in [7, 11) is 0. The first kappa shape index (κ1) is 13.1. The van der Waals surface area contributed by atoms with Gasteiger partial charge in [-0.2, -0.15) is 0 Å². The minimum atomic E-state index is -0.469. The number of likely N-dealkylation sites (N-methyl/N-ethyl adjacent to an activating group) is 1. The van der Waals surface area contributed by atoms with Crippen LogP contribution in [-0.4, -0.2) is 34.1 Å². The molecule has 1 saturated heterocycles. The van der Waals surface area contributed by atoms with Crippen molar-refractivity contribution in [1.82, 2.24) is 14.5 Å². The Bertz CT molecular complexity index is 765. The SMILES string of the molecule is CCN1CCC(n2c(=O)[nH]c3cc(F)ccc3c2=O)C1. The van der Waals surface area contributed by atoms with Gasteiger partial charge in [-0.15, -0.1) is 0 Å². The van der Waals surface area contributed by atoms with Crippen LogP contribution in [0.2, 0.25) is 0 Å². The lowest BCUT2D eigenvalue weighted by Crippen LogP contribution is -2.39. The molecule has 20 heavy (non-hydrogen) atoms. The first-order valence-corrected chi connectivity index (χ1v) is 6.76. The number of hydrogen-bond donors (Lipinski definition) is 1. The predicted octanol–water partition coefficient (Wildman–Crippen LogP) is 1.10. The van der Waals surface area contributed by atoms with E-state index >= 15 is 0 Å². The van der Waals surface area contributed by atoms with E-state index in [1.54, 1.807) is 0 Å². The summed E-state index contributed by atoms with van der Waals surface area (Å²) >= 11 is 0. The number of benzene rings is 1. The van der Waals surface area contributed by atoms with Crippen molar-refractivity contribution in [2.45, 2.75) is 19.4 Å². The van der Waals surface area contributed by atoms with Gasteiger partial charge in [-0.1, -0.05) is 6.92 Å². The van der Waals surface area contributed by atoms with E-state index in [2.05, 4.69) is 16.8 Å². The quantitative estimate of drug-likeness (QED) is 0.894. The Kier molecular flexibility index (Phi) is 3.17. The molecule has 1 unspecified atom stereocenters. The van der Waals surface area contributed by atoms with Crippen molar-refractivity contribution in [3.8, 4) is 0 Å². The molecule has 2 heterocycles. The summed E-state index contributed by atoms with van der Waals surface area (Å²) in [5.41, 5.74) is -0.552. The highest BCUT2D eigenvalue weighted by Gasteiger charge is 2.25. The van der Waals surface area contributed by atoms with Crippen LogP contribution in [0.5, 0.6) is 0 Å². The molecular weight excluding hydrogens is 261 g/mol. The normalized spacial score (nSPS) is 19.8. The molecule has 0 bridgehead atoms. The van der Waals surface area contributed by atoms with Crippen molar-refractivity contribution in [3.63, 3.8) is 0 Å². The van der Waals surface area contributed by atoms with Crippen LogP contribution in [0.3, 0.4) is 0 Å². The van der Waals surface area contributed by atoms with E-state index in [0.29, 0.717) is 11.9 Å². The van der Waals surface area contributed by atoms with Gasteiger partial charge >= 0.3 is 5.69 Å². The molecule has 0 aliphatic carbocycles. The summed E-state index contributed by atoms with van der Waals surface area (Å²) in [6.07, 6.45) is 0.781. The van der Waals surface area contributed by atoms with Crippen molar-refractivity contribution in [2.75, 3.05) is 19.6 Å². The van der Waals surface area contributed by atoms with Crippen molar-refractivity contribution >= 4 is 10.9 Å². The van der Waals surface area contributed by atoms with Gasteiger partial charge in [0.05, 0.1) is 16.9 Å². The molecule has 1 N–H and O–H groups in total. The Morgan fingerprint density at radius 1 is 1.40 bits per heavy atom. The molecule has 0 saturated carbocycles. The van der Waals surface area contributed by atoms with Crippen LogP contribution in [0.25, 0.3) is 10.9 Å². The van der Waals surface area contributed by atoms with Crippen molar-refractivity contribution in [3.05, 3.63) is 44.9 Å².